The number of ether oxygens (including phenoxy) is 1. The molecule has 0 aliphatic carbocycles. The molecule has 1 aromatic carbocycles. The summed E-state index contributed by atoms with van der Waals surface area (Å²) < 4.78 is 19.3. The number of aliphatic carboxylic acids is 1. The standard InChI is InChI=1S/C16H17FN4O4/c1-25-13-4-2-3-11(17)15(13)16(24)21-7-9(5-14(22)23)10(8-21)12-6-18-20-19-12/h2-4,6,9-10H,5,7-8H2,1H3,(H,22,23)(H,18,19,20)/t9-,10+/m1/s1. The minimum Gasteiger partial charge on any atom is -0.496 e. The third kappa shape index (κ3) is 3.30. The largest absolute Gasteiger partial charge is 0.496 e. The molecule has 25 heavy (non-hydrogen) atoms. The summed E-state index contributed by atoms with van der Waals surface area (Å²) in [5.41, 5.74) is 0.432. The monoisotopic (exact) mass is 348 g/mol. The van der Waals surface area contributed by atoms with Gasteiger partial charge in [-0.1, -0.05) is 6.07 Å². The van der Waals surface area contributed by atoms with Crippen LogP contribution < -0.4 is 4.74 Å². The average molecular weight is 348 g/mol. The van der Waals surface area contributed by atoms with E-state index in [0.29, 0.717) is 5.69 Å². The van der Waals surface area contributed by atoms with Gasteiger partial charge in [0, 0.05) is 19.0 Å². The second-order valence-corrected chi connectivity index (χ2v) is 5.89. The zero-order valence-electron chi connectivity index (χ0n) is 13.5. The summed E-state index contributed by atoms with van der Waals surface area (Å²) in [7, 11) is 1.36. The molecule has 1 saturated heterocycles. The number of methoxy groups -OCH3 is 1. The Kier molecular flexibility index (Phi) is 4.64. The van der Waals surface area contributed by atoms with Gasteiger partial charge in [0.1, 0.15) is 17.1 Å². The topological polar surface area (TPSA) is 108 Å². The first-order valence-electron chi connectivity index (χ1n) is 7.70. The number of hydrogen-bond donors (Lipinski definition) is 2. The highest BCUT2D eigenvalue weighted by Crippen LogP contribution is 2.35. The van der Waals surface area contributed by atoms with E-state index in [9.17, 15) is 14.0 Å². The van der Waals surface area contributed by atoms with Gasteiger partial charge in [-0.05, 0) is 18.1 Å². The Morgan fingerprint density at radius 3 is 2.88 bits per heavy atom. The third-order valence-electron chi connectivity index (χ3n) is 4.39. The molecule has 2 heterocycles. The molecule has 1 aliphatic heterocycles. The Labute approximate surface area is 142 Å². The van der Waals surface area contributed by atoms with Crippen LogP contribution in [0.4, 0.5) is 4.39 Å². The number of H-pyrrole nitrogens is 1. The summed E-state index contributed by atoms with van der Waals surface area (Å²) in [5.74, 6) is -2.64. The smallest absolute Gasteiger partial charge is 0.303 e. The number of carboxylic acid groups (broad SMARTS) is 1. The van der Waals surface area contributed by atoms with Crippen LogP contribution >= 0.6 is 0 Å². The maximum absolute atomic E-state index is 14.2. The van der Waals surface area contributed by atoms with E-state index < -0.39 is 17.7 Å². The zero-order valence-corrected chi connectivity index (χ0v) is 13.5. The number of aromatic amines is 1. The zero-order chi connectivity index (χ0) is 18.0. The normalized spacial score (nSPS) is 19.8. The lowest BCUT2D eigenvalue weighted by molar-refractivity contribution is -0.138. The fourth-order valence-electron chi connectivity index (χ4n) is 3.23. The summed E-state index contributed by atoms with van der Waals surface area (Å²) >= 11 is 0. The Morgan fingerprint density at radius 1 is 1.44 bits per heavy atom. The van der Waals surface area contributed by atoms with E-state index in [0.717, 1.165) is 0 Å². The van der Waals surface area contributed by atoms with Gasteiger partial charge >= 0.3 is 5.97 Å². The van der Waals surface area contributed by atoms with E-state index in [1.54, 1.807) is 0 Å². The van der Waals surface area contributed by atoms with Gasteiger partial charge in [-0.3, -0.25) is 9.59 Å². The Bertz CT molecular complexity index is 780. The molecule has 132 valence electrons. The summed E-state index contributed by atoms with van der Waals surface area (Å²) in [6.45, 7) is 0.431. The number of aromatic nitrogens is 3. The van der Waals surface area contributed by atoms with E-state index in [2.05, 4.69) is 15.4 Å². The minimum atomic E-state index is -0.962. The van der Waals surface area contributed by atoms with Gasteiger partial charge in [-0.2, -0.15) is 15.4 Å². The van der Waals surface area contributed by atoms with Crippen LogP contribution in [-0.2, 0) is 4.79 Å². The number of likely N-dealkylation sites (tertiary alicyclic amines) is 1. The van der Waals surface area contributed by atoms with E-state index in [1.807, 2.05) is 0 Å². The van der Waals surface area contributed by atoms with Crippen LogP contribution in [0.1, 0.15) is 28.4 Å². The van der Waals surface area contributed by atoms with Gasteiger partial charge in [0.15, 0.2) is 0 Å². The van der Waals surface area contributed by atoms with Crippen molar-refractivity contribution in [3.8, 4) is 5.75 Å². The molecular weight excluding hydrogens is 331 g/mol. The molecule has 0 bridgehead atoms. The lowest BCUT2D eigenvalue weighted by atomic mass is 9.91. The minimum absolute atomic E-state index is 0.115. The number of hydrogen-bond acceptors (Lipinski definition) is 5. The van der Waals surface area contributed by atoms with Crippen molar-refractivity contribution in [2.45, 2.75) is 12.3 Å². The number of carbonyl (C=O) groups excluding carboxylic acids is 1. The summed E-state index contributed by atoms with van der Waals surface area (Å²) in [5, 5.41) is 19.4. The SMILES string of the molecule is COc1cccc(F)c1C(=O)N1C[C@@H](CC(=O)O)[C@@H](c2cn[nH]n2)C1. The van der Waals surface area contributed by atoms with Crippen molar-refractivity contribution >= 4 is 11.9 Å². The molecule has 0 spiro atoms. The number of benzene rings is 1. The van der Waals surface area contributed by atoms with Gasteiger partial charge in [0.2, 0.25) is 0 Å². The first kappa shape index (κ1) is 16.9. The third-order valence-corrected chi connectivity index (χ3v) is 4.39. The Morgan fingerprint density at radius 2 is 2.24 bits per heavy atom. The van der Waals surface area contributed by atoms with E-state index in [1.165, 1.54) is 36.4 Å². The summed E-state index contributed by atoms with van der Waals surface area (Å²) in [4.78, 5) is 25.4. The number of nitrogens with zero attached hydrogens (tertiary/aromatic N) is 3. The fourth-order valence-corrected chi connectivity index (χ4v) is 3.23. The van der Waals surface area contributed by atoms with Gasteiger partial charge in [-0.25, -0.2) is 4.39 Å². The van der Waals surface area contributed by atoms with E-state index in [-0.39, 0.29) is 42.7 Å². The average Bonchev–Trinajstić information content (AvgIpc) is 3.22. The van der Waals surface area contributed by atoms with Crippen molar-refractivity contribution in [3.63, 3.8) is 0 Å². The molecule has 2 N–H and O–H groups in total. The highest BCUT2D eigenvalue weighted by atomic mass is 19.1. The lowest BCUT2D eigenvalue weighted by Gasteiger charge is -2.18. The maximum atomic E-state index is 14.2. The number of amides is 1. The second kappa shape index (κ2) is 6.88. The van der Waals surface area contributed by atoms with Crippen LogP contribution in [0.15, 0.2) is 24.4 Å². The van der Waals surface area contributed by atoms with Crippen molar-refractivity contribution in [1.82, 2.24) is 20.3 Å². The quantitative estimate of drug-likeness (QED) is 0.843. The highest BCUT2D eigenvalue weighted by molar-refractivity contribution is 5.97. The molecule has 1 fully saturated rings. The van der Waals surface area contributed by atoms with Crippen LogP contribution in [0.5, 0.6) is 5.75 Å². The summed E-state index contributed by atoms with van der Waals surface area (Å²) in [6.07, 6.45) is 1.40. The predicted molar refractivity (Wildman–Crippen MR) is 83.7 cm³/mol. The lowest BCUT2D eigenvalue weighted by Crippen LogP contribution is -2.30. The van der Waals surface area contributed by atoms with Gasteiger partial charge in [0.05, 0.1) is 25.4 Å². The molecule has 2 aromatic rings. The molecule has 1 aliphatic rings. The molecule has 1 amide bonds. The van der Waals surface area contributed by atoms with E-state index in [4.69, 9.17) is 9.84 Å². The van der Waals surface area contributed by atoms with Crippen molar-refractivity contribution < 1.29 is 23.8 Å². The van der Waals surface area contributed by atoms with Crippen LogP contribution in [0.25, 0.3) is 0 Å². The molecule has 0 saturated carbocycles. The van der Waals surface area contributed by atoms with Crippen LogP contribution in [0.3, 0.4) is 0 Å². The molecule has 0 radical (unpaired) electrons. The van der Waals surface area contributed by atoms with Gasteiger partial charge in [-0.15, -0.1) is 0 Å². The van der Waals surface area contributed by atoms with Gasteiger partial charge < -0.3 is 14.7 Å². The second-order valence-electron chi connectivity index (χ2n) is 5.89. The van der Waals surface area contributed by atoms with Crippen molar-refractivity contribution in [1.29, 1.82) is 0 Å². The van der Waals surface area contributed by atoms with Crippen LogP contribution in [0.2, 0.25) is 0 Å². The van der Waals surface area contributed by atoms with Crippen LogP contribution in [0, 0.1) is 11.7 Å². The van der Waals surface area contributed by atoms with Crippen molar-refractivity contribution in [2.24, 2.45) is 5.92 Å². The number of nitrogens with one attached hydrogen (secondary N) is 1. The molecular formula is C16H17FN4O4. The van der Waals surface area contributed by atoms with Crippen molar-refractivity contribution in [2.75, 3.05) is 20.2 Å². The number of carboxylic acids is 1. The molecule has 2 atom stereocenters. The summed E-state index contributed by atoms with van der Waals surface area (Å²) in [6, 6.07) is 4.16. The first-order chi connectivity index (χ1) is 12.0. The maximum Gasteiger partial charge on any atom is 0.303 e. The number of carbonyl (C=O) groups is 2. The molecule has 1 aromatic heterocycles. The Balaban J connectivity index is 1.88. The van der Waals surface area contributed by atoms with Crippen molar-refractivity contribution in [3.05, 3.63) is 41.5 Å². The van der Waals surface area contributed by atoms with Gasteiger partial charge in [0.25, 0.3) is 5.91 Å². The number of rotatable bonds is 5. The van der Waals surface area contributed by atoms with Crippen LogP contribution in [-0.4, -0.2) is 57.5 Å². The Hall–Kier alpha value is -2.97. The fraction of sp³-hybridized carbons (Fsp3) is 0.375. The number of halogens is 1. The highest BCUT2D eigenvalue weighted by Gasteiger charge is 2.40. The first-order valence-corrected chi connectivity index (χ1v) is 7.70. The van der Waals surface area contributed by atoms with E-state index >= 15 is 0 Å². The predicted octanol–water partition coefficient (Wildman–Crippen LogP) is 1.28. The molecule has 0 unspecified atom stereocenters. The molecule has 9 heteroatoms. The molecule has 8 nitrogen and oxygen atoms in total. The molecule has 3 rings (SSSR count).